The first-order valence-corrected chi connectivity index (χ1v) is 6.66. The number of nitrogens with two attached hydrogens (primary N) is 1. The van der Waals surface area contributed by atoms with Gasteiger partial charge in [0, 0.05) is 5.41 Å². The van der Waals surface area contributed by atoms with E-state index < -0.39 is 0 Å². The highest BCUT2D eigenvalue weighted by molar-refractivity contribution is 5.42. The molecule has 2 unspecified atom stereocenters. The molecular weight excluding hydrogens is 248 g/mol. The van der Waals surface area contributed by atoms with Crippen LogP contribution in [0.3, 0.4) is 0 Å². The molecule has 2 nitrogen and oxygen atoms in total. The normalized spacial score (nSPS) is 24.9. The zero-order valence-electron chi connectivity index (χ0n) is 11.5. The van der Waals surface area contributed by atoms with Crippen LogP contribution >= 0.6 is 0 Å². The second-order valence-corrected chi connectivity index (χ2v) is 4.91. The maximum absolute atomic E-state index is 13.8. The van der Waals surface area contributed by atoms with E-state index in [-0.39, 0.29) is 23.5 Å². The van der Waals surface area contributed by atoms with Crippen molar-refractivity contribution in [2.24, 2.45) is 11.7 Å². The van der Waals surface area contributed by atoms with Gasteiger partial charge >= 0.3 is 0 Å². The summed E-state index contributed by atoms with van der Waals surface area (Å²) >= 11 is 0. The van der Waals surface area contributed by atoms with E-state index in [1.54, 1.807) is 0 Å². The summed E-state index contributed by atoms with van der Waals surface area (Å²) in [7, 11) is 0. The first-order valence-electron chi connectivity index (χ1n) is 6.66. The van der Waals surface area contributed by atoms with Gasteiger partial charge in [-0.2, -0.15) is 0 Å². The summed E-state index contributed by atoms with van der Waals surface area (Å²) < 4.78 is 27.1. The van der Waals surface area contributed by atoms with Crippen LogP contribution in [-0.2, 0) is 10.2 Å². The van der Waals surface area contributed by atoms with Gasteiger partial charge in [0.25, 0.3) is 0 Å². The van der Waals surface area contributed by atoms with Gasteiger partial charge in [0.2, 0.25) is 6.41 Å². The second kappa shape index (κ2) is 6.64. The molecule has 0 saturated heterocycles. The van der Waals surface area contributed by atoms with E-state index in [1.807, 2.05) is 0 Å². The zero-order chi connectivity index (χ0) is 14.5. The van der Waals surface area contributed by atoms with Gasteiger partial charge in [-0.1, -0.05) is 20.3 Å². The van der Waals surface area contributed by atoms with Gasteiger partial charge in [-0.05, 0) is 48.9 Å². The molecule has 2 rings (SSSR count). The fourth-order valence-electron chi connectivity index (χ4n) is 3.18. The summed E-state index contributed by atoms with van der Waals surface area (Å²) in [5.41, 5.74) is 4.65. The van der Waals surface area contributed by atoms with E-state index in [0.29, 0.717) is 11.5 Å². The van der Waals surface area contributed by atoms with Crippen LogP contribution in [0.25, 0.3) is 0 Å². The van der Waals surface area contributed by atoms with E-state index >= 15 is 0 Å². The Labute approximate surface area is 113 Å². The average molecular weight is 269 g/mol. The molecule has 0 heterocycles. The van der Waals surface area contributed by atoms with E-state index in [2.05, 4.69) is 19.6 Å². The van der Waals surface area contributed by atoms with E-state index in [9.17, 15) is 8.78 Å². The molecule has 1 saturated carbocycles. The van der Waals surface area contributed by atoms with Crippen LogP contribution in [0.15, 0.2) is 18.2 Å². The Balaban J connectivity index is 0.000000550. The first kappa shape index (κ1) is 15.6. The predicted octanol–water partition coefficient (Wildman–Crippen LogP) is 3.53. The molecule has 106 valence electrons. The molecule has 1 aromatic rings. The molecule has 1 fully saturated rings. The van der Waals surface area contributed by atoms with Crippen molar-refractivity contribution in [2.45, 2.75) is 44.9 Å². The lowest BCUT2D eigenvalue weighted by Crippen LogP contribution is -2.44. The molecule has 2 N–H and O–H groups in total. The smallest absolute Gasteiger partial charge is 0.204 e. The lowest BCUT2D eigenvalue weighted by Gasteiger charge is -2.50. The summed E-state index contributed by atoms with van der Waals surface area (Å²) in [5.74, 6) is -0.0684. The number of hydrogen-bond donors (Lipinski definition) is 1. The molecule has 0 spiro atoms. The van der Waals surface area contributed by atoms with Crippen molar-refractivity contribution in [3.63, 3.8) is 0 Å². The molecular formula is C15H21F2NO. The monoisotopic (exact) mass is 269 g/mol. The Morgan fingerprint density at radius 1 is 1.42 bits per heavy atom. The SMILES string of the molecule is CCC1CCC1(CC)c1cc(F)ccc1F.NC=O. The standard InChI is InChI=1S/C14H18F2.CH3NO/c1-3-10-7-8-14(10,4-2)12-9-11(15)5-6-13(12)16;2-1-3/h5-6,9-10H,3-4,7-8H2,1-2H3;1H,(H2,2,3). The molecule has 0 aliphatic heterocycles. The Kier molecular flexibility index (Phi) is 5.45. The van der Waals surface area contributed by atoms with Crippen molar-refractivity contribution < 1.29 is 13.6 Å². The second-order valence-electron chi connectivity index (χ2n) is 4.91. The van der Waals surface area contributed by atoms with Gasteiger partial charge in [-0.3, -0.25) is 4.79 Å². The molecule has 0 bridgehead atoms. The molecule has 19 heavy (non-hydrogen) atoms. The molecule has 1 aromatic carbocycles. The summed E-state index contributed by atoms with van der Waals surface area (Å²) in [6, 6.07) is 3.84. The first-order chi connectivity index (χ1) is 9.05. The number of primary amides is 1. The van der Waals surface area contributed by atoms with Crippen LogP contribution in [0.5, 0.6) is 0 Å². The number of halogens is 2. The van der Waals surface area contributed by atoms with Gasteiger partial charge < -0.3 is 5.73 Å². The summed E-state index contributed by atoms with van der Waals surface area (Å²) in [4.78, 5) is 8.58. The Morgan fingerprint density at radius 2 is 2.05 bits per heavy atom. The molecule has 0 aromatic heterocycles. The van der Waals surface area contributed by atoms with Crippen LogP contribution in [0, 0.1) is 17.6 Å². The lowest BCUT2D eigenvalue weighted by atomic mass is 9.54. The van der Waals surface area contributed by atoms with Crippen molar-refractivity contribution in [1.82, 2.24) is 0 Å². The summed E-state index contributed by atoms with van der Waals surface area (Å²) in [6.07, 6.45) is 4.32. The Hall–Kier alpha value is -1.45. The highest BCUT2D eigenvalue weighted by Gasteiger charge is 2.46. The number of amides is 1. The van der Waals surface area contributed by atoms with Gasteiger partial charge in [0.15, 0.2) is 0 Å². The van der Waals surface area contributed by atoms with Crippen LogP contribution in [-0.4, -0.2) is 6.41 Å². The lowest BCUT2D eigenvalue weighted by molar-refractivity contribution is -0.106. The van der Waals surface area contributed by atoms with E-state index in [0.717, 1.165) is 25.7 Å². The third-order valence-electron chi connectivity index (χ3n) is 4.31. The van der Waals surface area contributed by atoms with Crippen molar-refractivity contribution >= 4 is 6.41 Å². The minimum Gasteiger partial charge on any atom is -0.372 e. The third kappa shape index (κ3) is 2.94. The predicted molar refractivity (Wildman–Crippen MR) is 71.6 cm³/mol. The molecule has 2 atom stereocenters. The van der Waals surface area contributed by atoms with Gasteiger partial charge in [-0.25, -0.2) is 8.78 Å². The zero-order valence-corrected chi connectivity index (χ0v) is 11.5. The fraction of sp³-hybridized carbons (Fsp3) is 0.533. The maximum atomic E-state index is 13.8. The number of benzene rings is 1. The van der Waals surface area contributed by atoms with Crippen molar-refractivity contribution in [3.8, 4) is 0 Å². The van der Waals surface area contributed by atoms with Crippen molar-refractivity contribution in [2.75, 3.05) is 0 Å². The van der Waals surface area contributed by atoms with Gasteiger partial charge in [0.05, 0.1) is 0 Å². The highest BCUT2D eigenvalue weighted by Crippen LogP contribution is 2.53. The van der Waals surface area contributed by atoms with Gasteiger partial charge in [0.1, 0.15) is 11.6 Å². The summed E-state index contributed by atoms with van der Waals surface area (Å²) in [5, 5.41) is 0. The molecule has 1 aliphatic carbocycles. The Bertz CT molecular complexity index is 430. The van der Waals surface area contributed by atoms with Crippen LogP contribution < -0.4 is 5.73 Å². The number of hydrogen-bond acceptors (Lipinski definition) is 1. The molecule has 1 amide bonds. The fourth-order valence-corrected chi connectivity index (χ4v) is 3.18. The quantitative estimate of drug-likeness (QED) is 0.838. The molecule has 1 aliphatic rings. The average Bonchev–Trinajstić information content (AvgIpc) is 2.35. The highest BCUT2D eigenvalue weighted by atomic mass is 19.1. The van der Waals surface area contributed by atoms with Gasteiger partial charge in [-0.15, -0.1) is 0 Å². The largest absolute Gasteiger partial charge is 0.372 e. The van der Waals surface area contributed by atoms with E-state index in [1.165, 1.54) is 18.2 Å². The van der Waals surface area contributed by atoms with E-state index in [4.69, 9.17) is 4.79 Å². The molecule has 0 radical (unpaired) electrons. The van der Waals surface area contributed by atoms with Crippen LogP contribution in [0.1, 0.15) is 45.1 Å². The minimum atomic E-state index is -0.328. The molecule has 4 heteroatoms. The Morgan fingerprint density at radius 3 is 2.47 bits per heavy atom. The van der Waals surface area contributed by atoms with Crippen LogP contribution in [0.2, 0.25) is 0 Å². The topological polar surface area (TPSA) is 43.1 Å². The third-order valence-corrected chi connectivity index (χ3v) is 4.31. The van der Waals surface area contributed by atoms with Crippen molar-refractivity contribution in [1.29, 1.82) is 0 Å². The minimum absolute atomic E-state index is 0.110. The van der Waals surface area contributed by atoms with Crippen molar-refractivity contribution in [3.05, 3.63) is 35.4 Å². The number of carbonyl (C=O) groups excluding carboxylic acids is 1. The number of carbonyl (C=O) groups is 1. The maximum Gasteiger partial charge on any atom is 0.204 e. The summed E-state index contributed by atoms with van der Waals surface area (Å²) in [6.45, 7) is 4.21. The van der Waals surface area contributed by atoms with Crippen LogP contribution in [0.4, 0.5) is 8.78 Å². The number of rotatable bonds is 3.